The Bertz CT molecular complexity index is 815. The zero-order valence-corrected chi connectivity index (χ0v) is 11.4. The second kappa shape index (κ2) is 5.62. The minimum atomic E-state index is -0.219. The van der Waals surface area contributed by atoms with Crippen LogP contribution in [0.3, 0.4) is 0 Å². The van der Waals surface area contributed by atoms with Gasteiger partial charge in [-0.25, -0.2) is 4.98 Å². The van der Waals surface area contributed by atoms with Gasteiger partial charge >= 0.3 is 0 Å². The van der Waals surface area contributed by atoms with Crippen molar-refractivity contribution >= 4 is 10.9 Å². The third-order valence-corrected chi connectivity index (χ3v) is 2.97. The lowest BCUT2D eigenvalue weighted by Crippen LogP contribution is -2.13. The fourth-order valence-electron chi connectivity index (χ4n) is 1.95. The predicted molar refractivity (Wildman–Crippen MR) is 77.5 cm³/mol. The highest BCUT2D eigenvalue weighted by Gasteiger charge is 2.06. The molecule has 0 unspecified atom stereocenters. The van der Waals surface area contributed by atoms with Crippen molar-refractivity contribution in [1.29, 1.82) is 0 Å². The van der Waals surface area contributed by atoms with Gasteiger partial charge in [0.25, 0.3) is 5.56 Å². The van der Waals surface area contributed by atoms with Crippen LogP contribution >= 0.6 is 0 Å². The largest absolute Gasteiger partial charge is 0.497 e. The van der Waals surface area contributed by atoms with Crippen LogP contribution in [0.2, 0.25) is 0 Å². The highest BCUT2D eigenvalue weighted by atomic mass is 16.5. The number of rotatable bonds is 4. The Labute approximate surface area is 120 Å². The van der Waals surface area contributed by atoms with Gasteiger partial charge in [-0.2, -0.15) is 0 Å². The molecule has 0 fully saturated rings. The average molecular weight is 283 g/mol. The summed E-state index contributed by atoms with van der Waals surface area (Å²) in [7, 11) is 1.55. The second-order valence-corrected chi connectivity index (χ2v) is 4.37. The molecule has 0 spiro atoms. The van der Waals surface area contributed by atoms with Crippen molar-refractivity contribution in [3.05, 3.63) is 58.9 Å². The number of aromatic amines is 1. The van der Waals surface area contributed by atoms with Gasteiger partial charge in [0.05, 0.1) is 24.2 Å². The van der Waals surface area contributed by atoms with Gasteiger partial charge in [-0.15, -0.1) is 0 Å². The average Bonchev–Trinajstić information content (AvgIpc) is 2.54. The summed E-state index contributed by atoms with van der Waals surface area (Å²) >= 11 is 0. The van der Waals surface area contributed by atoms with Crippen molar-refractivity contribution in [3.8, 4) is 11.5 Å². The van der Waals surface area contributed by atoms with Crippen molar-refractivity contribution in [2.45, 2.75) is 6.61 Å². The summed E-state index contributed by atoms with van der Waals surface area (Å²) in [6, 6.07) is 8.74. The second-order valence-electron chi connectivity index (χ2n) is 4.37. The number of nitrogens with zero attached hydrogens (tertiary/aromatic N) is 2. The minimum Gasteiger partial charge on any atom is -0.497 e. The molecule has 106 valence electrons. The van der Waals surface area contributed by atoms with Gasteiger partial charge in [0.2, 0.25) is 0 Å². The van der Waals surface area contributed by atoms with Gasteiger partial charge in [0.1, 0.15) is 23.9 Å². The molecule has 6 nitrogen and oxygen atoms in total. The molecular formula is C15H13N3O3. The normalized spacial score (nSPS) is 10.5. The van der Waals surface area contributed by atoms with Crippen LogP contribution in [-0.4, -0.2) is 22.1 Å². The lowest BCUT2D eigenvalue weighted by atomic mass is 10.2. The Morgan fingerprint density at radius 2 is 2.14 bits per heavy atom. The molecule has 1 N–H and O–H groups in total. The Hall–Kier alpha value is -2.89. The van der Waals surface area contributed by atoms with E-state index in [1.54, 1.807) is 49.8 Å². The van der Waals surface area contributed by atoms with Crippen LogP contribution < -0.4 is 15.0 Å². The number of hydrogen-bond acceptors (Lipinski definition) is 5. The number of H-pyrrole nitrogens is 1. The van der Waals surface area contributed by atoms with Crippen LogP contribution in [0, 0.1) is 0 Å². The summed E-state index contributed by atoms with van der Waals surface area (Å²) in [6.45, 7) is 0.170. The molecular weight excluding hydrogens is 270 g/mol. The quantitative estimate of drug-likeness (QED) is 0.791. The molecule has 0 saturated carbocycles. The van der Waals surface area contributed by atoms with E-state index in [2.05, 4.69) is 15.0 Å². The summed E-state index contributed by atoms with van der Waals surface area (Å²) < 4.78 is 10.6. The molecule has 0 aliphatic carbocycles. The third-order valence-electron chi connectivity index (χ3n) is 2.97. The van der Waals surface area contributed by atoms with Crippen LogP contribution in [0.5, 0.6) is 11.5 Å². The van der Waals surface area contributed by atoms with Crippen LogP contribution in [0.15, 0.2) is 47.5 Å². The van der Waals surface area contributed by atoms with E-state index in [4.69, 9.17) is 9.47 Å². The fraction of sp³-hybridized carbons (Fsp3) is 0.133. The first-order valence-electron chi connectivity index (χ1n) is 6.36. The molecule has 1 aromatic carbocycles. The molecule has 0 aliphatic rings. The van der Waals surface area contributed by atoms with E-state index in [9.17, 15) is 4.79 Å². The monoisotopic (exact) mass is 283 g/mol. The predicted octanol–water partition coefficient (Wildman–Crippen LogP) is 1.91. The first-order valence-corrected chi connectivity index (χ1v) is 6.36. The molecule has 21 heavy (non-hydrogen) atoms. The van der Waals surface area contributed by atoms with E-state index < -0.39 is 0 Å². The van der Waals surface area contributed by atoms with Gasteiger partial charge in [-0.3, -0.25) is 9.78 Å². The molecule has 3 rings (SSSR count). The van der Waals surface area contributed by atoms with Gasteiger partial charge in [-0.05, 0) is 30.3 Å². The molecule has 0 atom stereocenters. The molecule has 0 aliphatic heterocycles. The number of hydrogen-bond donors (Lipinski definition) is 1. The zero-order chi connectivity index (χ0) is 14.7. The van der Waals surface area contributed by atoms with E-state index in [1.807, 2.05) is 0 Å². The molecule has 0 amide bonds. The number of ether oxygens (including phenoxy) is 2. The van der Waals surface area contributed by atoms with E-state index >= 15 is 0 Å². The lowest BCUT2D eigenvalue weighted by molar-refractivity contribution is 0.295. The first kappa shape index (κ1) is 13.1. The molecule has 2 heterocycles. The fourth-order valence-corrected chi connectivity index (χ4v) is 1.95. The van der Waals surface area contributed by atoms with Crippen molar-refractivity contribution in [2.24, 2.45) is 0 Å². The van der Waals surface area contributed by atoms with Crippen LogP contribution in [0.4, 0.5) is 0 Å². The summed E-state index contributed by atoms with van der Waals surface area (Å²) in [4.78, 5) is 23.1. The topological polar surface area (TPSA) is 77.1 Å². The molecule has 3 aromatic rings. The Kier molecular flexibility index (Phi) is 3.51. The number of methoxy groups -OCH3 is 1. The van der Waals surface area contributed by atoms with Gasteiger partial charge in [0, 0.05) is 6.20 Å². The van der Waals surface area contributed by atoms with Crippen molar-refractivity contribution in [1.82, 2.24) is 15.0 Å². The van der Waals surface area contributed by atoms with E-state index in [1.165, 1.54) is 0 Å². The van der Waals surface area contributed by atoms with E-state index in [-0.39, 0.29) is 12.2 Å². The van der Waals surface area contributed by atoms with Crippen molar-refractivity contribution in [3.63, 3.8) is 0 Å². The number of nitrogens with one attached hydrogen (secondary N) is 1. The highest BCUT2D eigenvalue weighted by Crippen LogP contribution is 2.16. The van der Waals surface area contributed by atoms with Gasteiger partial charge in [-0.1, -0.05) is 0 Å². The lowest BCUT2D eigenvalue weighted by Gasteiger charge is -2.06. The summed E-state index contributed by atoms with van der Waals surface area (Å²) in [6.07, 6.45) is 3.26. The smallest absolute Gasteiger partial charge is 0.258 e. The standard InChI is InChI=1S/C15H13N3O3/c1-20-10-4-5-13-12(7-10)15(19)18-14(17-13)9-21-11-3-2-6-16-8-11/h2-8H,9H2,1H3,(H,17,18,19). The molecule has 0 bridgehead atoms. The summed E-state index contributed by atoms with van der Waals surface area (Å²) in [5.41, 5.74) is 0.382. The van der Waals surface area contributed by atoms with Crippen LogP contribution in [-0.2, 0) is 6.61 Å². The Morgan fingerprint density at radius 1 is 1.24 bits per heavy atom. The van der Waals surface area contributed by atoms with Crippen molar-refractivity contribution in [2.75, 3.05) is 7.11 Å². The van der Waals surface area contributed by atoms with Crippen LogP contribution in [0.25, 0.3) is 10.9 Å². The number of aromatic nitrogens is 3. The van der Waals surface area contributed by atoms with Crippen molar-refractivity contribution < 1.29 is 9.47 Å². The molecule has 6 heteroatoms. The number of fused-ring (bicyclic) bond motifs is 1. The minimum absolute atomic E-state index is 0.170. The molecule has 0 radical (unpaired) electrons. The van der Waals surface area contributed by atoms with E-state index in [0.29, 0.717) is 28.2 Å². The van der Waals surface area contributed by atoms with E-state index in [0.717, 1.165) is 0 Å². The van der Waals surface area contributed by atoms with Gasteiger partial charge < -0.3 is 14.5 Å². The maximum absolute atomic E-state index is 12.1. The first-order chi connectivity index (χ1) is 10.3. The Balaban J connectivity index is 1.88. The number of pyridine rings is 1. The third kappa shape index (κ3) is 2.84. The number of benzene rings is 1. The summed E-state index contributed by atoms with van der Waals surface area (Å²) in [5, 5.41) is 0.486. The highest BCUT2D eigenvalue weighted by molar-refractivity contribution is 5.79. The molecule has 0 saturated heterocycles. The SMILES string of the molecule is COc1ccc2nc(COc3cccnc3)[nH]c(=O)c2c1. The van der Waals surface area contributed by atoms with Crippen LogP contribution in [0.1, 0.15) is 5.82 Å². The maximum atomic E-state index is 12.1. The maximum Gasteiger partial charge on any atom is 0.258 e. The summed E-state index contributed by atoms with van der Waals surface area (Å²) in [5.74, 6) is 1.70. The van der Waals surface area contributed by atoms with Gasteiger partial charge in [0.15, 0.2) is 0 Å². The molecule has 2 aromatic heterocycles. The Morgan fingerprint density at radius 3 is 2.90 bits per heavy atom. The zero-order valence-electron chi connectivity index (χ0n) is 11.4.